The van der Waals surface area contributed by atoms with Crippen LogP contribution in [0.25, 0.3) is 16.6 Å². The maximum Gasteiger partial charge on any atom is 0.490 e. The summed E-state index contributed by atoms with van der Waals surface area (Å²) in [5.41, 5.74) is 2.33. The number of rotatable bonds is 5. The van der Waals surface area contributed by atoms with E-state index < -0.39 is 12.1 Å². The molecule has 1 N–H and O–H groups in total. The van der Waals surface area contributed by atoms with Crippen LogP contribution < -0.4 is 9.64 Å². The topological polar surface area (TPSA) is 119 Å². The molecule has 1 atom stereocenters. The lowest BCUT2D eigenvalue weighted by atomic mass is 10.1. The largest absolute Gasteiger partial charge is 0.490 e. The quantitative estimate of drug-likeness (QED) is 0.293. The molecule has 0 radical (unpaired) electrons. The Kier molecular flexibility index (Phi) is 8.65. The molecule has 4 aromatic rings. The third-order valence-electron chi connectivity index (χ3n) is 5.22. The number of carbonyl (C=O) groups is 1. The van der Waals surface area contributed by atoms with Gasteiger partial charge in [-0.2, -0.15) is 18.3 Å². The van der Waals surface area contributed by atoms with Crippen LogP contribution in [0.5, 0.6) is 5.75 Å². The molecule has 0 aliphatic carbocycles. The smallest absolute Gasteiger partial charge is 0.486 e. The van der Waals surface area contributed by atoms with Gasteiger partial charge in [-0.05, 0) is 31.2 Å². The van der Waals surface area contributed by atoms with Gasteiger partial charge in [0.1, 0.15) is 17.5 Å². The molecule has 1 aliphatic heterocycles. The number of nitrogens with zero attached hydrogens (tertiary/aromatic N) is 7. The molecule has 1 aliphatic rings. The highest BCUT2D eigenvalue weighted by Crippen LogP contribution is 2.33. The van der Waals surface area contributed by atoms with Crippen molar-refractivity contribution in [3.8, 4) is 11.4 Å². The molecular weight excluding hydrogens is 574 g/mol. The standard InChI is InChI=1S/C23H17Cl2N7O.C2HF3O2/c1-15(22-19(24)13-27-14-20(22)25)33-18-3-4-21-16(9-18)10-30-32(21)17-11-28-23(29-12-17)31-7-2-5-26-6-8-31;3-2(4,5)1(6)7/h2-15H,1H3;(H,6,7)/t15-;/m1./s1. The zero-order valence-corrected chi connectivity index (χ0v) is 21.9. The molecule has 0 unspecified atom stereocenters. The molecule has 3 aromatic heterocycles. The van der Waals surface area contributed by atoms with E-state index in [0.717, 1.165) is 16.6 Å². The SMILES string of the molecule is C[C@@H](Oc1ccc2c(cnn2-c2cnc(N3C=CC=NC=C3)nc2)c1)c1c(Cl)cncc1Cl.O=C(O)C(F)(F)F. The Morgan fingerprint density at radius 2 is 1.73 bits per heavy atom. The summed E-state index contributed by atoms with van der Waals surface area (Å²) in [5, 5.41) is 13.5. The van der Waals surface area contributed by atoms with E-state index in [1.165, 1.54) is 0 Å². The maximum atomic E-state index is 10.6. The molecule has 0 spiro atoms. The second-order valence-electron chi connectivity index (χ2n) is 7.94. The van der Waals surface area contributed by atoms with Gasteiger partial charge in [-0.15, -0.1) is 0 Å². The van der Waals surface area contributed by atoms with Crippen molar-refractivity contribution in [2.75, 3.05) is 4.90 Å². The van der Waals surface area contributed by atoms with Gasteiger partial charge in [0.25, 0.3) is 0 Å². The highest BCUT2D eigenvalue weighted by atomic mass is 35.5. The number of aliphatic imine (C=N–C) groups is 1. The number of hydrogen-bond donors (Lipinski definition) is 1. The van der Waals surface area contributed by atoms with Crippen molar-refractivity contribution in [2.45, 2.75) is 19.2 Å². The maximum absolute atomic E-state index is 10.6. The van der Waals surface area contributed by atoms with Gasteiger partial charge in [0.05, 0.1) is 34.2 Å². The number of hydrogen-bond acceptors (Lipinski definition) is 8. The Hall–Kier alpha value is -4.49. The van der Waals surface area contributed by atoms with Crippen LogP contribution in [0, 0.1) is 0 Å². The number of carboxylic acids is 1. The third-order valence-corrected chi connectivity index (χ3v) is 5.83. The van der Waals surface area contributed by atoms with E-state index >= 15 is 0 Å². The first kappa shape index (κ1) is 28.5. The van der Waals surface area contributed by atoms with Gasteiger partial charge in [0.15, 0.2) is 0 Å². The molecule has 40 heavy (non-hydrogen) atoms. The molecule has 206 valence electrons. The lowest BCUT2D eigenvalue weighted by Crippen LogP contribution is -2.21. The number of ether oxygens (including phenoxy) is 1. The van der Waals surface area contributed by atoms with Crippen LogP contribution in [-0.4, -0.2) is 48.2 Å². The van der Waals surface area contributed by atoms with E-state index in [-0.39, 0.29) is 6.10 Å². The van der Waals surface area contributed by atoms with Crippen LogP contribution in [0.2, 0.25) is 10.0 Å². The number of carboxylic acid groups (broad SMARTS) is 1. The number of anilines is 1. The zero-order valence-electron chi connectivity index (χ0n) is 20.4. The van der Waals surface area contributed by atoms with Gasteiger partial charge in [-0.25, -0.2) is 19.4 Å². The number of benzene rings is 1. The number of aliphatic carboxylic acids is 1. The second kappa shape index (κ2) is 12.1. The van der Waals surface area contributed by atoms with E-state index in [2.05, 4.69) is 25.0 Å². The lowest BCUT2D eigenvalue weighted by molar-refractivity contribution is -0.192. The molecule has 1 aromatic carbocycles. The molecule has 5 rings (SSSR count). The molecule has 0 amide bonds. The summed E-state index contributed by atoms with van der Waals surface area (Å²) in [7, 11) is 0. The van der Waals surface area contributed by atoms with Gasteiger partial charge in [0.2, 0.25) is 5.95 Å². The lowest BCUT2D eigenvalue weighted by Gasteiger charge is -2.17. The Morgan fingerprint density at radius 1 is 1.05 bits per heavy atom. The Balaban J connectivity index is 0.000000470. The summed E-state index contributed by atoms with van der Waals surface area (Å²) >= 11 is 12.5. The fraction of sp³-hybridized carbons (Fsp3) is 0.120. The summed E-state index contributed by atoms with van der Waals surface area (Å²) < 4.78 is 39.6. The number of alkyl halides is 3. The Bertz CT molecular complexity index is 1570. The van der Waals surface area contributed by atoms with Gasteiger partial charge in [-0.3, -0.25) is 14.9 Å². The average Bonchev–Trinajstić information content (AvgIpc) is 3.13. The minimum absolute atomic E-state index is 0.353. The van der Waals surface area contributed by atoms with E-state index in [1.807, 2.05) is 37.4 Å². The zero-order chi connectivity index (χ0) is 28.9. The number of halogens is 5. The summed E-state index contributed by atoms with van der Waals surface area (Å²) in [6.07, 6.45) is 11.7. The fourth-order valence-electron chi connectivity index (χ4n) is 3.44. The summed E-state index contributed by atoms with van der Waals surface area (Å²) in [6.45, 7) is 1.89. The first-order chi connectivity index (χ1) is 19.0. The van der Waals surface area contributed by atoms with Gasteiger partial charge >= 0.3 is 12.1 Å². The minimum Gasteiger partial charge on any atom is -0.486 e. The van der Waals surface area contributed by atoms with E-state index in [9.17, 15) is 13.2 Å². The Labute approximate surface area is 234 Å². The molecule has 0 fully saturated rings. The molecular formula is C25H18Cl2F3N7O3. The van der Waals surface area contributed by atoms with Crippen molar-refractivity contribution < 1.29 is 27.8 Å². The van der Waals surface area contributed by atoms with Crippen molar-refractivity contribution in [2.24, 2.45) is 4.99 Å². The van der Waals surface area contributed by atoms with Crippen LogP contribution in [0.4, 0.5) is 19.1 Å². The molecule has 4 heterocycles. The van der Waals surface area contributed by atoms with E-state index in [1.54, 1.807) is 59.2 Å². The van der Waals surface area contributed by atoms with E-state index in [4.69, 9.17) is 37.8 Å². The number of aromatic nitrogens is 5. The normalized spacial score (nSPS) is 13.5. The van der Waals surface area contributed by atoms with Crippen LogP contribution in [0.3, 0.4) is 0 Å². The fourth-order valence-corrected chi connectivity index (χ4v) is 4.12. The van der Waals surface area contributed by atoms with Crippen molar-refractivity contribution in [3.63, 3.8) is 0 Å². The van der Waals surface area contributed by atoms with Crippen LogP contribution in [0.1, 0.15) is 18.6 Å². The Morgan fingerprint density at radius 3 is 2.38 bits per heavy atom. The van der Waals surface area contributed by atoms with Crippen LogP contribution in [-0.2, 0) is 4.79 Å². The minimum atomic E-state index is -5.08. The van der Waals surface area contributed by atoms with Gasteiger partial charge in [0, 0.05) is 48.2 Å². The summed E-state index contributed by atoms with van der Waals surface area (Å²) in [6, 6.07) is 5.73. The number of allylic oxidation sites excluding steroid dienone is 1. The summed E-state index contributed by atoms with van der Waals surface area (Å²) in [5.74, 6) is -1.55. The van der Waals surface area contributed by atoms with Crippen molar-refractivity contribution in [1.29, 1.82) is 0 Å². The predicted octanol–water partition coefficient (Wildman–Crippen LogP) is 6.17. The van der Waals surface area contributed by atoms with Crippen molar-refractivity contribution >= 4 is 52.2 Å². The van der Waals surface area contributed by atoms with E-state index in [0.29, 0.717) is 27.3 Å². The van der Waals surface area contributed by atoms with Gasteiger partial charge in [-0.1, -0.05) is 23.2 Å². The first-order valence-electron chi connectivity index (χ1n) is 11.3. The first-order valence-corrected chi connectivity index (χ1v) is 12.0. The van der Waals surface area contributed by atoms with Gasteiger partial charge < -0.3 is 9.84 Å². The van der Waals surface area contributed by atoms with Crippen molar-refractivity contribution in [1.82, 2.24) is 24.7 Å². The van der Waals surface area contributed by atoms with Crippen LogP contribution >= 0.6 is 23.2 Å². The molecule has 10 nitrogen and oxygen atoms in total. The second-order valence-corrected chi connectivity index (χ2v) is 8.76. The monoisotopic (exact) mass is 591 g/mol. The third kappa shape index (κ3) is 6.74. The number of fused-ring (bicyclic) bond motifs is 1. The highest BCUT2D eigenvalue weighted by molar-refractivity contribution is 6.35. The predicted molar refractivity (Wildman–Crippen MR) is 143 cm³/mol. The molecule has 0 bridgehead atoms. The molecule has 15 heteroatoms. The molecule has 0 saturated carbocycles. The van der Waals surface area contributed by atoms with Crippen LogP contribution in [0.15, 0.2) is 78.9 Å². The highest BCUT2D eigenvalue weighted by Gasteiger charge is 2.38. The number of pyridine rings is 1. The summed E-state index contributed by atoms with van der Waals surface area (Å²) in [4.78, 5) is 27.6. The molecule has 0 saturated heterocycles. The average molecular weight is 592 g/mol. The van der Waals surface area contributed by atoms with Crippen molar-refractivity contribution in [3.05, 3.63) is 89.5 Å².